The zero-order chi connectivity index (χ0) is 10.8. The second kappa shape index (κ2) is 8.89. The fraction of sp³-hybridized carbons (Fsp3) is 0.875. The number of hydrogen-bond acceptors (Lipinski definition) is 6. The molecule has 0 radical (unpaired) electrons. The van der Waals surface area contributed by atoms with Crippen molar-refractivity contribution in [2.75, 3.05) is 26.4 Å². The van der Waals surface area contributed by atoms with Crippen LogP contribution in [0.1, 0.15) is 13.3 Å². The van der Waals surface area contributed by atoms with Gasteiger partial charge in [0.25, 0.3) is 0 Å². The summed E-state index contributed by atoms with van der Waals surface area (Å²) in [4.78, 5) is 19.6. The molecule has 6 nitrogen and oxygen atoms in total. The Morgan fingerprint density at radius 2 is 2.07 bits per heavy atom. The van der Waals surface area contributed by atoms with Crippen LogP contribution in [0.2, 0.25) is 0 Å². The second-order valence-corrected chi connectivity index (χ2v) is 2.52. The lowest BCUT2D eigenvalue weighted by molar-refractivity contribution is -0.309. The SMILES string of the molecule is CCC(=O)OCC(O)COOCCO. The number of ether oxygens (including phenoxy) is 1. The molecule has 0 saturated heterocycles. The maximum Gasteiger partial charge on any atom is 0.305 e. The first-order valence-electron chi connectivity index (χ1n) is 4.39. The zero-order valence-corrected chi connectivity index (χ0v) is 8.14. The normalized spacial score (nSPS) is 12.5. The number of carbonyl (C=O) groups excluding carboxylic acids is 1. The van der Waals surface area contributed by atoms with E-state index in [4.69, 9.17) is 10.2 Å². The summed E-state index contributed by atoms with van der Waals surface area (Å²) in [5, 5.41) is 17.5. The molecule has 84 valence electrons. The fourth-order valence-corrected chi connectivity index (χ4v) is 0.562. The van der Waals surface area contributed by atoms with Gasteiger partial charge in [0, 0.05) is 6.42 Å². The van der Waals surface area contributed by atoms with Crippen LogP contribution in [0.15, 0.2) is 0 Å². The van der Waals surface area contributed by atoms with Crippen LogP contribution in [0.3, 0.4) is 0 Å². The summed E-state index contributed by atoms with van der Waals surface area (Å²) < 4.78 is 4.64. The third kappa shape index (κ3) is 7.93. The van der Waals surface area contributed by atoms with Crippen molar-refractivity contribution in [2.45, 2.75) is 19.4 Å². The van der Waals surface area contributed by atoms with Crippen LogP contribution >= 0.6 is 0 Å². The van der Waals surface area contributed by atoms with Gasteiger partial charge in [0.2, 0.25) is 0 Å². The van der Waals surface area contributed by atoms with Crippen LogP contribution in [0.4, 0.5) is 0 Å². The van der Waals surface area contributed by atoms with Crippen molar-refractivity contribution in [2.24, 2.45) is 0 Å². The van der Waals surface area contributed by atoms with Crippen LogP contribution in [-0.2, 0) is 19.3 Å². The highest BCUT2D eigenvalue weighted by atomic mass is 17.2. The lowest BCUT2D eigenvalue weighted by atomic mass is 10.4. The number of carbonyl (C=O) groups is 1. The topological polar surface area (TPSA) is 85.2 Å². The average Bonchev–Trinajstić information content (AvgIpc) is 2.21. The Balaban J connectivity index is 3.27. The van der Waals surface area contributed by atoms with Crippen molar-refractivity contribution in [3.63, 3.8) is 0 Å². The molecule has 0 aromatic carbocycles. The average molecular weight is 208 g/mol. The number of esters is 1. The Morgan fingerprint density at radius 3 is 2.64 bits per heavy atom. The molecular weight excluding hydrogens is 192 g/mol. The molecule has 6 heteroatoms. The van der Waals surface area contributed by atoms with E-state index in [0.717, 1.165) is 0 Å². The van der Waals surface area contributed by atoms with Gasteiger partial charge < -0.3 is 14.9 Å². The fourth-order valence-electron chi connectivity index (χ4n) is 0.562. The van der Waals surface area contributed by atoms with E-state index < -0.39 is 6.10 Å². The highest BCUT2D eigenvalue weighted by molar-refractivity contribution is 5.68. The van der Waals surface area contributed by atoms with Crippen LogP contribution in [0, 0.1) is 0 Å². The van der Waals surface area contributed by atoms with E-state index in [9.17, 15) is 4.79 Å². The van der Waals surface area contributed by atoms with Crippen LogP contribution < -0.4 is 0 Å². The number of aliphatic hydroxyl groups excluding tert-OH is 2. The lowest BCUT2D eigenvalue weighted by Gasteiger charge is -2.10. The molecular formula is C8H16O6. The summed E-state index contributed by atoms with van der Waals surface area (Å²) in [6, 6.07) is 0. The second-order valence-electron chi connectivity index (χ2n) is 2.52. The van der Waals surface area contributed by atoms with Gasteiger partial charge >= 0.3 is 5.97 Å². The van der Waals surface area contributed by atoms with Crippen LogP contribution in [-0.4, -0.2) is 48.7 Å². The number of aliphatic hydroxyl groups is 2. The lowest BCUT2D eigenvalue weighted by Crippen LogP contribution is -2.23. The monoisotopic (exact) mass is 208 g/mol. The van der Waals surface area contributed by atoms with E-state index in [-0.39, 0.29) is 38.8 Å². The first kappa shape index (κ1) is 13.3. The molecule has 0 spiro atoms. The van der Waals surface area contributed by atoms with Crippen LogP contribution in [0.5, 0.6) is 0 Å². The molecule has 0 aliphatic heterocycles. The first-order chi connectivity index (χ1) is 6.70. The molecule has 0 saturated carbocycles. The Kier molecular flexibility index (Phi) is 8.45. The van der Waals surface area contributed by atoms with E-state index in [2.05, 4.69) is 14.5 Å². The van der Waals surface area contributed by atoms with Crippen molar-refractivity contribution in [3.05, 3.63) is 0 Å². The summed E-state index contributed by atoms with van der Waals surface area (Å²) >= 11 is 0. The Morgan fingerprint density at radius 1 is 1.36 bits per heavy atom. The number of rotatable bonds is 8. The third-order valence-corrected chi connectivity index (χ3v) is 1.24. The predicted octanol–water partition coefficient (Wildman–Crippen LogP) is -0.759. The Bertz CT molecular complexity index is 149. The van der Waals surface area contributed by atoms with Gasteiger partial charge in [-0.15, -0.1) is 0 Å². The van der Waals surface area contributed by atoms with Gasteiger partial charge in [0.05, 0.1) is 6.61 Å². The third-order valence-electron chi connectivity index (χ3n) is 1.24. The molecule has 0 bridgehead atoms. The minimum absolute atomic E-state index is 0.0431. The van der Waals surface area contributed by atoms with Gasteiger partial charge in [-0.2, -0.15) is 0 Å². The molecule has 0 aliphatic carbocycles. The van der Waals surface area contributed by atoms with Gasteiger partial charge in [0.15, 0.2) is 0 Å². The first-order valence-corrected chi connectivity index (χ1v) is 4.39. The van der Waals surface area contributed by atoms with E-state index in [1.165, 1.54) is 0 Å². The molecule has 0 rings (SSSR count). The molecule has 0 heterocycles. The molecule has 0 fully saturated rings. The van der Waals surface area contributed by atoms with E-state index in [1.54, 1.807) is 6.92 Å². The standard InChI is InChI=1S/C8H16O6/c1-2-8(11)12-5-7(10)6-14-13-4-3-9/h7,9-10H,2-6H2,1H3. The highest BCUT2D eigenvalue weighted by Gasteiger charge is 2.07. The Labute approximate surface area is 82.3 Å². The van der Waals surface area contributed by atoms with Crippen LogP contribution in [0.25, 0.3) is 0 Å². The van der Waals surface area contributed by atoms with Crippen molar-refractivity contribution in [1.29, 1.82) is 0 Å². The number of hydrogen-bond donors (Lipinski definition) is 2. The minimum atomic E-state index is -0.913. The summed E-state index contributed by atoms with van der Waals surface area (Å²) in [5.41, 5.74) is 0. The van der Waals surface area contributed by atoms with E-state index in [0.29, 0.717) is 0 Å². The zero-order valence-electron chi connectivity index (χ0n) is 8.14. The smallest absolute Gasteiger partial charge is 0.305 e. The van der Waals surface area contributed by atoms with Gasteiger partial charge in [-0.1, -0.05) is 6.92 Å². The van der Waals surface area contributed by atoms with Gasteiger partial charge in [0.1, 0.15) is 25.9 Å². The van der Waals surface area contributed by atoms with Gasteiger partial charge in [-0.25, -0.2) is 9.78 Å². The van der Waals surface area contributed by atoms with Crippen molar-refractivity contribution < 1.29 is 29.5 Å². The summed E-state index contributed by atoms with van der Waals surface area (Å²) in [7, 11) is 0. The van der Waals surface area contributed by atoms with Crippen molar-refractivity contribution in [3.8, 4) is 0 Å². The molecule has 14 heavy (non-hydrogen) atoms. The maximum atomic E-state index is 10.7. The van der Waals surface area contributed by atoms with E-state index >= 15 is 0 Å². The summed E-state index contributed by atoms with van der Waals surface area (Å²) in [5.74, 6) is -0.375. The maximum absolute atomic E-state index is 10.7. The molecule has 0 aromatic heterocycles. The summed E-state index contributed by atoms with van der Waals surface area (Å²) in [6.45, 7) is 1.34. The molecule has 0 aliphatic rings. The molecule has 1 unspecified atom stereocenters. The van der Waals surface area contributed by atoms with E-state index in [1.807, 2.05) is 0 Å². The minimum Gasteiger partial charge on any atom is -0.463 e. The van der Waals surface area contributed by atoms with Gasteiger partial charge in [-0.3, -0.25) is 4.79 Å². The molecule has 0 aromatic rings. The molecule has 1 atom stereocenters. The highest BCUT2D eigenvalue weighted by Crippen LogP contribution is 1.91. The van der Waals surface area contributed by atoms with Crippen molar-refractivity contribution >= 4 is 5.97 Å². The van der Waals surface area contributed by atoms with Crippen molar-refractivity contribution in [1.82, 2.24) is 0 Å². The molecule has 0 amide bonds. The predicted molar refractivity (Wildman–Crippen MR) is 46.2 cm³/mol. The molecule has 2 N–H and O–H groups in total. The largest absolute Gasteiger partial charge is 0.463 e. The van der Waals surface area contributed by atoms with Gasteiger partial charge in [-0.05, 0) is 0 Å². The summed E-state index contributed by atoms with van der Waals surface area (Å²) in [6.07, 6.45) is -0.640. The Hall–Kier alpha value is -0.690. The quantitative estimate of drug-likeness (QED) is 0.236.